The van der Waals surface area contributed by atoms with Crippen molar-refractivity contribution in [3.8, 4) is 27.6 Å². The molecule has 0 saturated heterocycles. The van der Waals surface area contributed by atoms with Gasteiger partial charge in [-0.2, -0.15) is 0 Å². The second kappa shape index (κ2) is 29.4. The smallest absolute Gasteiger partial charge is 0.492 e. The summed E-state index contributed by atoms with van der Waals surface area (Å²) in [5, 5.41) is 80.5. The second-order valence-electron chi connectivity index (χ2n) is 14.6. The number of nitrogens with zero attached hydrogens (tertiary/aromatic N) is 8. The molecule has 0 saturated carbocycles. The summed E-state index contributed by atoms with van der Waals surface area (Å²) in [5.41, 5.74) is 3.63. The number of phenols is 1. The molecule has 27 nitrogen and oxygen atoms in total. The predicted octanol–water partition coefficient (Wildman–Crippen LogP) is 5.34. The molecule has 76 heavy (non-hydrogen) atoms. The van der Waals surface area contributed by atoms with Gasteiger partial charge >= 0.3 is 54.7 Å². The largest absolute Gasteiger partial charge is 0.508 e. The van der Waals surface area contributed by atoms with Gasteiger partial charge in [-0.25, -0.2) is 0 Å². The van der Waals surface area contributed by atoms with E-state index in [4.69, 9.17) is 37.6 Å². The Morgan fingerprint density at radius 1 is 0.579 bits per heavy atom. The second-order valence-corrected chi connectivity index (χ2v) is 19.9. The Bertz CT molecular complexity index is 2970. The summed E-state index contributed by atoms with van der Waals surface area (Å²) >= 11 is 8.98. The van der Waals surface area contributed by atoms with Crippen molar-refractivity contribution in [3.05, 3.63) is 99.4 Å². The number of fused-ring (bicyclic) bond motifs is 3. The maximum atomic E-state index is 11.6. The summed E-state index contributed by atoms with van der Waals surface area (Å²) in [7, 11) is -3.41. The molecule has 0 radical (unpaired) electrons. The number of benzene rings is 3. The lowest BCUT2D eigenvalue weighted by atomic mass is 9.79. The van der Waals surface area contributed by atoms with Gasteiger partial charge in [-0.15, -0.1) is 5.10 Å². The highest BCUT2D eigenvalue weighted by molar-refractivity contribution is 9.11. The number of halogens is 2. The number of ether oxygens (including phenoxy) is 5. The molecule has 0 aliphatic carbocycles. The number of nitro groups is 2. The van der Waals surface area contributed by atoms with E-state index in [1.165, 1.54) is 29.5 Å². The molecule has 6 aromatic rings. The number of esters is 3. The lowest BCUT2D eigenvalue weighted by molar-refractivity contribution is -0.385. The average molecular weight is 1240 g/mol. The topological polar surface area (TPSA) is 370 Å². The Morgan fingerprint density at radius 3 is 1.29 bits per heavy atom. The summed E-state index contributed by atoms with van der Waals surface area (Å²) in [4.78, 5) is 53.8. The Hall–Kier alpha value is -6.14. The highest BCUT2D eigenvalue weighted by Crippen LogP contribution is 2.35. The molecular weight excluding hydrogens is 1200 g/mol. The van der Waals surface area contributed by atoms with Gasteiger partial charge in [0.15, 0.2) is 3.92 Å². The van der Waals surface area contributed by atoms with E-state index in [1.54, 1.807) is 57.2 Å². The lowest BCUT2D eigenvalue weighted by Crippen LogP contribution is -2.28. The number of aromatic nitrogens is 6. The maximum Gasteiger partial charge on any atom is 0.492 e. The van der Waals surface area contributed by atoms with Crippen LogP contribution in [-0.2, 0) is 42.6 Å². The van der Waals surface area contributed by atoms with Crippen LogP contribution in [0, 0.1) is 20.2 Å². The predicted molar refractivity (Wildman–Crippen MR) is 281 cm³/mol. The molecule has 404 valence electrons. The Kier molecular flexibility index (Phi) is 24.1. The molecule has 35 heteroatoms. The van der Waals surface area contributed by atoms with Crippen LogP contribution in [0.25, 0.3) is 0 Å². The van der Waals surface area contributed by atoms with E-state index in [2.05, 4.69) is 62.5 Å². The number of hydrogen-bond acceptors (Lipinski definition) is 28. The molecule has 4 N–H and O–H groups in total. The summed E-state index contributed by atoms with van der Waals surface area (Å²) < 4.78 is 42.7. The fourth-order valence-electron chi connectivity index (χ4n) is 6.84. The van der Waals surface area contributed by atoms with E-state index in [1.807, 2.05) is 0 Å². The highest BCUT2D eigenvalue weighted by atomic mass is 79.9. The number of hydrogen-bond donors (Lipinski definition) is 4. The van der Waals surface area contributed by atoms with Gasteiger partial charge in [-0.05, 0) is 160 Å². The van der Waals surface area contributed by atoms with Gasteiger partial charge in [0.25, 0.3) is 5.19 Å². The number of phenolic OH excluding ortho intramolecular Hbond substituents is 1. The molecule has 9 rings (SSSR count). The Labute approximate surface area is 461 Å². The van der Waals surface area contributed by atoms with Crippen molar-refractivity contribution < 1.29 is 82.1 Å². The van der Waals surface area contributed by atoms with E-state index in [0.717, 1.165) is 16.9 Å². The Morgan fingerprint density at radius 2 is 0.934 bits per heavy atom. The van der Waals surface area contributed by atoms with Crippen molar-refractivity contribution in [1.82, 2.24) is 30.6 Å². The molecule has 0 amide bonds. The zero-order valence-electron chi connectivity index (χ0n) is 38.4. The minimum atomic E-state index is -1.21. The number of aromatic hydroxyl groups is 1. The minimum Gasteiger partial charge on any atom is -0.508 e. The standard InChI is InChI=1S/C13H12BBrN2O5S.C13H12BN3O7S.C11H13BO5.C2BrN3O2S.2CH4/c1-2-20-11(18)6-10-8-4-3-7(5-9(8)14(19)22-10)21-13-17-16-12(15)23-13;1-2-22-11(18)6-10-8-4-3-7(5-9(8)14(19)24-10)23-13-16-15-12(25-13)17(20)21;1-2-16-11(14)6-10-8-4-3-7(13)5-9(8)12(15)17-10;3-1-4-5-2(9-1)6(7)8;;/h3-5,10,19H,2,6H2,1H3;3-5,10,19H,2,6H2,1H3;3-5,10,13,15H,2,6H2,1H3;;2*1H4. The molecule has 3 aromatic heterocycles. The van der Waals surface area contributed by atoms with Crippen molar-refractivity contribution in [3.63, 3.8) is 0 Å². The van der Waals surface area contributed by atoms with Gasteiger partial charge in [0.05, 0.1) is 62.5 Å². The van der Waals surface area contributed by atoms with Crippen LogP contribution in [0.1, 0.15) is 89.9 Å². The SMILES string of the molecule is C.C.CCOC(=O)CC1OB(O)c2cc(O)ccc21.CCOC(=O)CC1OB(O)c2cc(Oc3nnc(Br)s3)ccc21.CCOC(=O)CC1OB(O)c2cc(Oc3nnc([N+](=O)[O-])s3)ccc21.O=[N+]([O-])c1nnc(Br)s1. The first-order valence-corrected chi connectivity index (χ1v) is 25.4. The zero-order valence-corrected chi connectivity index (χ0v) is 44.0. The van der Waals surface area contributed by atoms with Gasteiger partial charge in [-0.1, -0.05) is 38.2 Å². The van der Waals surface area contributed by atoms with Gasteiger partial charge < -0.3 is 78.1 Å². The third-order valence-electron chi connectivity index (χ3n) is 9.77. The van der Waals surface area contributed by atoms with Crippen molar-refractivity contribution in [2.24, 2.45) is 0 Å². The number of rotatable bonds is 15. The average Bonchev–Trinajstić information content (AvgIpc) is 4.23. The van der Waals surface area contributed by atoms with Crippen LogP contribution in [0.5, 0.6) is 27.6 Å². The van der Waals surface area contributed by atoms with Gasteiger partial charge in [-0.3, -0.25) is 14.4 Å². The minimum absolute atomic E-state index is 0. The number of carbonyl (C=O) groups excluding carboxylic acids is 3. The molecule has 3 aromatic carbocycles. The van der Waals surface area contributed by atoms with Crippen LogP contribution in [0.4, 0.5) is 10.3 Å². The van der Waals surface area contributed by atoms with Crippen LogP contribution in [0.2, 0.25) is 0 Å². The monoisotopic (exact) mass is 1240 g/mol. The maximum absolute atomic E-state index is 11.6. The summed E-state index contributed by atoms with van der Waals surface area (Å²) in [5.74, 6) is -0.282. The van der Waals surface area contributed by atoms with E-state index in [-0.39, 0.29) is 73.9 Å². The van der Waals surface area contributed by atoms with Crippen LogP contribution in [0.3, 0.4) is 0 Å². The summed E-state index contributed by atoms with van der Waals surface area (Å²) in [6.07, 6.45) is -1.55. The van der Waals surface area contributed by atoms with E-state index in [0.29, 0.717) is 76.6 Å². The van der Waals surface area contributed by atoms with E-state index < -0.39 is 55.5 Å². The third-order valence-corrected chi connectivity index (χ3v) is 13.1. The molecule has 3 aliphatic heterocycles. The van der Waals surface area contributed by atoms with Crippen LogP contribution in [-0.4, -0.2) is 120 Å². The van der Waals surface area contributed by atoms with Gasteiger partial charge in [0, 0.05) is 16.4 Å². The van der Waals surface area contributed by atoms with Gasteiger partial charge in [0.1, 0.15) is 22.3 Å². The Balaban J connectivity index is 0.000000228. The first-order chi connectivity index (χ1) is 35.3. The van der Waals surface area contributed by atoms with Crippen LogP contribution in [0.15, 0.2) is 62.4 Å². The normalized spacial score (nSPS) is 15.3. The lowest BCUT2D eigenvalue weighted by Gasteiger charge is -2.11. The first-order valence-electron chi connectivity index (χ1n) is 21.4. The third kappa shape index (κ3) is 17.2. The summed E-state index contributed by atoms with van der Waals surface area (Å²) in [6, 6.07) is 14.5. The highest BCUT2D eigenvalue weighted by Gasteiger charge is 2.39. The van der Waals surface area contributed by atoms with E-state index in [9.17, 15) is 54.8 Å². The quantitative estimate of drug-likeness (QED) is 0.0331. The van der Waals surface area contributed by atoms with Crippen LogP contribution >= 0.6 is 65.9 Å². The van der Waals surface area contributed by atoms with Crippen LogP contribution < -0.4 is 25.9 Å². The molecule has 0 bridgehead atoms. The fraction of sp³-hybridized carbons (Fsp3) is 0.341. The van der Waals surface area contributed by atoms with Crippen molar-refractivity contribution in [2.45, 2.75) is 73.2 Å². The van der Waals surface area contributed by atoms with Crippen molar-refractivity contribution >= 4 is 132 Å². The molecule has 3 aliphatic rings. The first kappa shape index (κ1) is 62.4. The van der Waals surface area contributed by atoms with Crippen molar-refractivity contribution in [1.29, 1.82) is 0 Å². The fourth-order valence-corrected chi connectivity index (χ4v) is 9.21. The zero-order chi connectivity index (χ0) is 53.6. The molecule has 3 atom stereocenters. The molecular formula is C41H45B3Br2N8O19S3. The number of carbonyl (C=O) groups is 3. The molecule has 0 fully saturated rings. The van der Waals surface area contributed by atoms with E-state index >= 15 is 0 Å². The van der Waals surface area contributed by atoms with Gasteiger partial charge in [0.2, 0.25) is 3.92 Å². The molecule has 6 heterocycles. The van der Waals surface area contributed by atoms with Crippen molar-refractivity contribution in [2.75, 3.05) is 19.8 Å². The summed E-state index contributed by atoms with van der Waals surface area (Å²) in [6.45, 7) is 6.07. The molecule has 3 unspecified atom stereocenters. The molecule has 0 spiro atoms.